The van der Waals surface area contributed by atoms with Gasteiger partial charge < -0.3 is 10.6 Å². The highest BCUT2D eigenvalue weighted by Gasteiger charge is 2.47. The lowest BCUT2D eigenvalue weighted by molar-refractivity contribution is -0.106. The molecule has 0 amide bonds. The molecule has 3 fully saturated rings. The summed E-state index contributed by atoms with van der Waals surface area (Å²) in [6.45, 7) is 4.46. The van der Waals surface area contributed by atoms with E-state index in [1.54, 1.807) is 0 Å². The highest BCUT2D eigenvalue weighted by molar-refractivity contribution is 4.97. The van der Waals surface area contributed by atoms with Crippen molar-refractivity contribution in [2.75, 3.05) is 39.3 Å². The average Bonchev–Trinajstić information content (AvgIpc) is 2.79. The number of hydrogen-bond donors (Lipinski definition) is 2. The molecule has 1 spiro atoms. The molecule has 3 aliphatic heterocycles. The zero-order chi connectivity index (χ0) is 12.6. The minimum Gasteiger partial charge on any atom is -0.316 e. The molecular weight excluding hydrogens is 236 g/mol. The van der Waals surface area contributed by atoms with Crippen molar-refractivity contribution in [1.29, 1.82) is 0 Å². The van der Waals surface area contributed by atoms with E-state index in [4.69, 9.17) is 0 Å². The topological polar surface area (TPSA) is 27.3 Å². The van der Waals surface area contributed by atoms with Crippen molar-refractivity contribution in [1.82, 2.24) is 15.5 Å². The van der Waals surface area contributed by atoms with E-state index in [2.05, 4.69) is 10.6 Å². The van der Waals surface area contributed by atoms with E-state index in [9.17, 15) is 8.78 Å². The van der Waals surface area contributed by atoms with Crippen LogP contribution in [-0.2, 0) is 0 Å². The zero-order valence-electron chi connectivity index (χ0n) is 10.9. The van der Waals surface area contributed by atoms with Crippen LogP contribution in [0.3, 0.4) is 0 Å². The summed E-state index contributed by atoms with van der Waals surface area (Å²) in [5, 5.41) is 6.22. The third kappa shape index (κ3) is 2.28. The van der Waals surface area contributed by atoms with Crippen LogP contribution in [0.15, 0.2) is 0 Å². The van der Waals surface area contributed by atoms with Crippen molar-refractivity contribution >= 4 is 0 Å². The lowest BCUT2D eigenvalue weighted by atomic mass is 9.77. The minimum absolute atomic E-state index is 0.152. The predicted octanol–water partition coefficient (Wildman–Crippen LogP) is 1.06. The summed E-state index contributed by atoms with van der Waals surface area (Å²) in [5.41, 5.74) is 0.415. The molecule has 0 bridgehead atoms. The van der Waals surface area contributed by atoms with Gasteiger partial charge in [-0.05, 0) is 57.3 Å². The molecule has 0 aromatic carbocycles. The summed E-state index contributed by atoms with van der Waals surface area (Å²) >= 11 is 0. The molecule has 1 unspecified atom stereocenters. The second-order valence-electron chi connectivity index (χ2n) is 6.21. The fraction of sp³-hybridized carbons (Fsp3) is 1.00. The van der Waals surface area contributed by atoms with Gasteiger partial charge in [0, 0.05) is 6.54 Å². The van der Waals surface area contributed by atoms with Crippen LogP contribution in [0.1, 0.15) is 25.7 Å². The van der Waals surface area contributed by atoms with Gasteiger partial charge in [-0.3, -0.25) is 4.90 Å². The van der Waals surface area contributed by atoms with Crippen molar-refractivity contribution in [2.45, 2.75) is 37.6 Å². The molecule has 3 nitrogen and oxygen atoms in total. The molecule has 3 heterocycles. The minimum atomic E-state index is -2.56. The SMILES string of the molecule is FC1(F)CNCCC1N1CCC2(CCNC2)CC1. The van der Waals surface area contributed by atoms with Crippen LogP contribution >= 0.6 is 0 Å². The summed E-state index contributed by atoms with van der Waals surface area (Å²) in [6.07, 6.45) is 3.97. The van der Waals surface area contributed by atoms with Crippen LogP contribution in [-0.4, -0.2) is 56.1 Å². The van der Waals surface area contributed by atoms with Gasteiger partial charge in [0.2, 0.25) is 0 Å². The summed E-state index contributed by atoms with van der Waals surface area (Å²) in [7, 11) is 0. The van der Waals surface area contributed by atoms with E-state index in [0.29, 0.717) is 11.8 Å². The first kappa shape index (κ1) is 12.8. The van der Waals surface area contributed by atoms with Crippen LogP contribution in [0.5, 0.6) is 0 Å². The number of alkyl halides is 2. The number of piperidine rings is 2. The van der Waals surface area contributed by atoms with Gasteiger partial charge >= 0.3 is 0 Å². The van der Waals surface area contributed by atoms with Crippen LogP contribution in [0, 0.1) is 5.41 Å². The maximum absolute atomic E-state index is 13.9. The maximum atomic E-state index is 13.9. The predicted molar refractivity (Wildman–Crippen MR) is 66.9 cm³/mol. The quantitative estimate of drug-likeness (QED) is 0.737. The van der Waals surface area contributed by atoms with Gasteiger partial charge in [-0.2, -0.15) is 0 Å². The second kappa shape index (κ2) is 4.69. The number of nitrogens with zero attached hydrogens (tertiary/aromatic N) is 1. The van der Waals surface area contributed by atoms with Gasteiger partial charge in [-0.15, -0.1) is 0 Å². The monoisotopic (exact) mass is 259 g/mol. The van der Waals surface area contributed by atoms with Crippen LogP contribution in [0.25, 0.3) is 0 Å². The van der Waals surface area contributed by atoms with Gasteiger partial charge in [0.15, 0.2) is 0 Å². The lowest BCUT2D eigenvalue weighted by Gasteiger charge is -2.46. The first-order valence-corrected chi connectivity index (χ1v) is 7.15. The normalized spacial score (nSPS) is 36.0. The van der Waals surface area contributed by atoms with E-state index in [0.717, 1.165) is 45.6 Å². The molecule has 0 aliphatic carbocycles. The molecule has 3 aliphatic rings. The fourth-order valence-corrected chi connectivity index (χ4v) is 3.80. The molecule has 18 heavy (non-hydrogen) atoms. The molecule has 0 radical (unpaired) electrons. The number of rotatable bonds is 1. The Morgan fingerprint density at radius 1 is 0.944 bits per heavy atom. The van der Waals surface area contributed by atoms with Gasteiger partial charge in [0.1, 0.15) is 0 Å². The summed E-state index contributed by atoms with van der Waals surface area (Å²) in [5.74, 6) is -2.56. The first-order chi connectivity index (χ1) is 8.61. The summed E-state index contributed by atoms with van der Waals surface area (Å²) in [6, 6.07) is -0.537. The molecule has 0 aromatic rings. The number of nitrogens with one attached hydrogen (secondary N) is 2. The Balaban J connectivity index is 1.61. The van der Waals surface area contributed by atoms with Crippen molar-refractivity contribution < 1.29 is 8.78 Å². The average molecular weight is 259 g/mol. The Labute approximate surface area is 107 Å². The fourth-order valence-electron chi connectivity index (χ4n) is 3.80. The molecule has 2 N–H and O–H groups in total. The Bertz CT molecular complexity index is 293. The van der Waals surface area contributed by atoms with Gasteiger partial charge in [0.25, 0.3) is 5.92 Å². The third-order valence-corrected chi connectivity index (χ3v) is 5.07. The van der Waals surface area contributed by atoms with Crippen LogP contribution in [0.4, 0.5) is 8.78 Å². The summed E-state index contributed by atoms with van der Waals surface area (Å²) < 4.78 is 27.8. The Morgan fingerprint density at radius 2 is 1.67 bits per heavy atom. The summed E-state index contributed by atoms with van der Waals surface area (Å²) in [4.78, 5) is 2.05. The molecular formula is C13H23F2N3. The highest BCUT2D eigenvalue weighted by atomic mass is 19.3. The maximum Gasteiger partial charge on any atom is 0.275 e. The standard InChI is InChI=1S/C13H23F2N3/c14-13(15)10-16-5-1-11(13)18-7-3-12(4-8-18)2-6-17-9-12/h11,16-17H,1-10H2. The number of hydrogen-bond acceptors (Lipinski definition) is 3. The van der Waals surface area contributed by atoms with Crippen molar-refractivity contribution in [2.24, 2.45) is 5.41 Å². The molecule has 0 saturated carbocycles. The largest absolute Gasteiger partial charge is 0.316 e. The van der Waals surface area contributed by atoms with Crippen molar-refractivity contribution in [3.8, 4) is 0 Å². The van der Waals surface area contributed by atoms with Crippen molar-refractivity contribution in [3.05, 3.63) is 0 Å². The van der Waals surface area contributed by atoms with Crippen LogP contribution < -0.4 is 10.6 Å². The molecule has 5 heteroatoms. The van der Waals surface area contributed by atoms with E-state index >= 15 is 0 Å². The van der Waals surface area contributed by atoms with Gasteiger partial charge in [0.05, 0.1) is 12.6 Å². The van der Waals surface area contributed by atoms with Gasteiger partial charge in [-0.1, -0.05) is 0 Å². The number of halogens is 2. The third-order valence-electron chi connectivity index (χ3n) is 5.07. The van der Waals surface area contributed by atoms with Crippen molar-refractivity contribution in [3.63, 3.8) is 0 Å². The molecule has 1 atom stereocenters. The Morgan fingerprint density at radius 3 is 2.28 bits per heavy atom. The number of likely N-dealkylation sites (tertiary alicyclic amines) is 1. The van der Waals surface area contributed by atoms with Crippen LogP contribution in [0.2, 0.25) is 0 Å². The molecule has 3 saturated heterocycles. The smallest absolute Gasteiger partial charge is 0.275 e. The molecule has 0 aromatic heterocycles. The molecule has 3 rings (SSSR count). The van der Waals surface area contributed by atoms with E-state index < -0.39 is 12.0 Å². The van der Waals surface area contributed by atoms with E-state index in [1.807, 2.05) is 4.90 Å². The second-order valence-corrected chi connectivity index (χ2v) is 6.21. The Hall–Kier alpha value is -0.260. The highest BCUT2D eigenvalue weighted by Crippen LogP contribution is 2.39. The van der Waals surface area contributed by atoms with E-state index in [-0.39, 0.29) is 6.54 Å². The Kier molecular flexibility index (Phi) is 3.32. The lowest BCUT2D eigenvalue weighted by Crippen LogP contribution is -2.59. The molecule has 104 valence electrons. The van der Waals surface area contributed by atoms with Gasteiger partial charge in [-0.25, -0.2) is 8.78 Å². The zero-order valence-corrected chi connectivity index (χ0v) is 10.9. The van der Waals surface area contributed by atoms with E-state index in [1.165, 1.54) is 6.42 Å². The first-order valence-electron chi connectivity index (χ1n) is 7.15.